The number of likely N-dealkylation sites (N-methyl/N-ethyl adjacent to an activating group) is 1. The molecule has 3 aromatic rings. The van der Waals surface area contributed by atoms with Crippen molar-refractivity contribution in [3.8, 4) is 5.75 Å². The van der Waals surface area contributed by atoms with Crippen LogP contribution in [0.5, 0.6) is 5.75 Å². The molecule has 3 N–H and O–H groups in total. The molecule has 0 fully saturated rings. The van der Waals surface area contributed by atoms with Crippen LogP contribution in [0.15, 0.2) is 40.9 Å². The van der Waals surface area contributed by atoms with Gasteiger partial charge in [0.05, 0.1) is 5.02 Å². The van der Waals surface area contributed by atoms with Gasteiger partial charge in [0.1, 0.15) is 29.4 Å². The zero-order chi connectivity index (χ0) is 20.1. The van der Waals surface area contributed by atoms with Gasteiger partial charge in [-0.25, -0.2) is 4.98 Å². The van der Waals surface area contributed by atoms with E-state index in [-0.39, 0.29) is 17.4 Å². The van der Waals surface area contributed by atoms with Crippen molar-refractivity contribution in [2.24, 2.45) is 0 Å². The minimum Gasteiger partial charge on any atom is -0.492 e. The molecule has 28 heavy (non-hydrogen) atoms. The van der Waals surface area contributed by atoms with Crippen LogP contribution in [-0.4, -0.2) is 37.0 Å². The van der Waals surface area contributed by atoms with Crippen molar-refractivity contribution >= 4 is 45.9 Å². The number of aromatic nitrogens is 1. The van der Waals surface area contributed by atoms with E-state index < -0.39 is 5.91 Å². The van der Waals surface area contributed by atoms with Gasteiger partial charge in [-0.05, 0) is 37.4 Å². The van der Waals surface area contributed by atoms with Crippen molar-refractivity contribution in [3.63, 3.8) is 0 Å². The molecule has 8 nitrogen and oxygen atoms in total. The van der Waals surface area contributed by atoms with Crippen LogP contribution >= 0.6 is 11.6 Å². The van der Waals surface area contributed by atoms with E-state index in [9.17, 15) is 9.59 Å². The minimum absolute atomic E-state index is 0.0330. The summed E-state index contributed by atoms with van der Waals surface area (Å²) in [6, 6.07) is 8.31. The maximum Gasteiger partial charge on any atom is 0.294 e. The molecule has 2 aromatic heterocycles. The van der Waals surface area contributed by atoms with Crippen LogP contribution in [0.1, 0.15) is 17.5 Å². The van der Waals surface area contributed by atoms with E-state index >= 15 is 0 Å². The standard InChI is InChI=1S/C19H19ClN4O4/c1-11(25)23-17-14-9-13(27-8-7-21-2)4-5-15(14)28-18(17)19(26)24-16-6-3-12(20)10-22-16/h3-6,9-10,21H,7-8H2,1-2H3,(H,23,25)(H,22,24,26). The first-order valence-corrected chi connectivity index (χ1v) is 8.90. The maximum absolute atomic E-state index is 12.7. The van der Waals surface area contributed by atoms with E-state index in [4.69, 9.17) is 20.8 Å². The quantitative estimate of drug-likeness (QED) is 0.524. The number of carbonyl (C=O) groups excluding carboxylic acids is 2. The molecular weight excluding hydrogens is 384 g/mol. The van der Waals surface area contributed by atoms with Crippen molar-refractivity contribution in [2.75, 3.05) is 30.8 Å². The third-order valence-electron chi connectivity index (χ3n) is 3.76. The topological polar surface area (TPSA) is 105 Å². The fourth-order valence-electron chi connectivity index (χ4n) is 2.52. The number of anilines is 2. The van der Waals surface area contributed by atoms with Crippen LogP contribution in [0.3, 0.4) is 0 Å². The highest BCUT2D eigenvalue weighted by Crippen LogP contribution is 2.34. The first-order valence-electron chi connectivity index (χ1n) is 8.52. The Labute approximate surface area is 166 Å². The number of furan rings is 1. The fourth-order valence-corrected chi connectivity index (χ4v) is 2.63. The number of ether oxygens (including phenoxy) is 1. The molecule has 0 unspecified atom stereocenters. The van der Waals surface area contributed by atoms with Gasteiger partial charge >= 0.3 is 0 Å². The molecule has 2 heterocycles. The van der Waals surface area contributed by atoms with Crippen molar-refractivity contribution in [3.05, 3.63) is 47.3 Å². The van der Waals surface area contributed by atoms with Gasteiger partial charge in [0.2, 0.25) is 11.7 Å². The van der Waals surface area contributed by atoms with Crippen LogP contribution in [0, 0.1) is 0 Å². The van der Waals surface area contributed by atoms with Crippen LogP contribution < -0.4 is 20.7 Å². The number of carbonyl (C=O) groups is 2. The predicted octanol–water partition coefficient (Wildman–Crippen LogP) is 3.29. The number of nitrogens with zero attached hydrogens (tertiary/aromatic N) is 1. The lowest BCUT2D eigenvalue weighted by molar-refractivity contribution is -0.114. The lowest BCUT2D eigenvalue weighted by Crippen LogP contribution is -2.16. The predicted molar refractivity (Wildman–Crippen MR) is 107 cm³/mol. The SMILES string of the molecule is CNCCOc1ccc2oc(C(=O)Nc3ccc(Cl)cn3)c(NC(C)=O)c2c1. The van der Waals surface area contributed by atoms with E-state index in [1.165, 1.54) is 13.1 Å². The van der Waals surface area contributed by atoms with Crippen LogP contribution in [0.2, 0.25) is 5.02 Å². The van der Waals surface area contributed by atoms with Crippen molar-refractivity contribution < 1.29 is 18.7 Å². The molecule has 1 aromatic carbocycles. The summed E-state index contributed by atoms with van der Waals surface area (Å²) in [5, 5.41) is 9.29. The van der Waals surface area contributed by atoms with E-state index in [1.807, 2.05) is 7.05 Å². The van der Waals surface area contributed by atoms with Crippen molar-refractivity contribution in [2.45, 2.75) is 6.92 Å². The van der Waals surface area contributed by atoms with Crippen LogP contribution in [0.25, 0.3) is 11.0 Å². The number of hydrogen-bond donors (Lipinski definition) is 3. The van der Waals surface area contributed by atoms with Gasteiger partial charge in [-0.15, -0.1) is 0 Å². The van der Waals surface area contributed by atoms with Gasteiger partial charge in [0, 0.05) is 25.1 Å². The Hall–Kier alpha value is -3.10. The molecule has 0 atom stereocenters. The van der Waals surface area contributed by atoms with Gasteiger partial charge in [-0.2, -0.15) is 0 Å². The van der Waals surface area contributed by atoms with Crippen molar-refractivity contribution in [1.29, 1.82) is 0 Å². The second-order valence-corrected chi connectivity index (χ2v) is 6.35. The normalized spacial score (nSPS) is 10.7. The summed E-state index contributed by atoms with van der Waals surface area (Å²) < 4.78 is 11.3. The molecule has 0 saturated heterocycles. The molecule has 2 amide bonds. The number of rotatable bonds is 7. The molecule has 0 aliphatic heterocycles. The summed E-state index contributed by atoms with van der Waals surface area (Å²) in [6.07, 6.45) is 1.42. The molecule has 0 aliphatic carbocycles. The van der Waals surface area contributed by atoms with E-state index in [1.54, 1.807) is 30.3 Å². The zero-order valence-corrected chi connectivity index (χ0v) is 16.1. The molecule has 9 heteroatoms. The molecule has 0 aliphatic rings. The largest absolute Gasteiger partial charge is 0.492 e. The fraction of sp³-hybridized carbons (Fsp3) is 0.211. The smallest absolute Gasteiger partial charge is 0.294 e. The lowest BCUT2D eigenvalue weighted by Gasteiger charge is -2.07. The average Bonchev–Trinajstić information content (AvgIpc) is 3.01. The van der Waals surface area contributed by atoms with Gasteiger partial charge in [0.15, 0.2) is 0 Å². The molecule has 0 saturated carbocycles. The van der Waals surface area contributed by atoms with Crippen LogP contribution in [0.4, 0.5) is 11.5 Å². The summed E-state index contributed by atoms with van der Waals surface area (Å²) in [4.78, 5) is 28.4. The molecule has 0 spiro atoms. The third-order valence-corrected chi connectivity index (χ3v) is 3.98. The summed E-state index contributed by atoms with van der Waals surface area (Å²) in [7, 11) is 1.83. The Balaban J connectivity index is 1.94. The number of amides is 2. The third kappa shape index (κ3) is 4.59. The highest BCUT2D eigenvalue weighted by Gasteiger charge is 2.22. The molecule has 3 rings (SSSR count). The van der Waals surface area contributed by atoms with E-state index in [0.717, 1.165) is 0 Å². The average molecular weight is 403 g/mol. The Morgan fingerprint density at radius 2 is 2.04 bits per heavy atom. The monoisotopic (exact) mass is 402 g/mol. The Morgan fingerprint density at radius 3 is 2.71 bits per heavy atom. The number of halogens is 1. The van der Waals surface area contributed by atoms with E-state index in [0.29, 0.717) is 40.7 Å². The molecule has 0 radical (unpaired) electrons. The maximum atomic E-state index is 12.7. The Kier molecular flexibility index (Phi) is 6.13. The first-order chi connectivity index (χ1) is 13.5. The highest BCUT2D eigenvalue weighted by molar-refractivity contribution is 6.30. The summed E-state index contributed by atoms with van der Waals surface area (Å²) >= 11 is 5.80. The second kappa shape index (κ2) is 8.73. The Bertz CT molecular complexity index is 1000. The number of benzene rings is 1. The van der Waals surface area contributed by atoms with E-state index in [2.05, 4.69) is 20.9 Å². The second-order valence-electron chi connectivity index (χ2n) is 5.91. The summed E-state index contributed by atoms with van der Waals surface area (Å²) in [5.74, 6) is -0.00850. The molecule has 0 bridgehead atoms. The van der Waals surface area contributed by atoms with Gasteiger partial charge < -0.3 is 25.1 Å². The zero-order valence-electron chi connectivity index (χ0n) is 15.3. The van der Waals surface area contributed by atoms with Gasteiger partial charge in [0.25, 0.3) is 5.91 Å². The number of nitrogens with one attached hydrogen (secondary N) is 3. The van der Waals surface area contributed by atoms with Gasteiger partial charge in [-0.1, -0.05) is 11.6 Å². The van der Waals surface area contributed by atoms with Crippen LogP contribution in [-0.2, 0) is 4.79 Å². The minimum atomic E-state index is -0.549. The first kappa shape index (κ1) is 19.7. The summed E-state index contributed by atoms with van der Waals surface area (Å²) in [6.45, 7) is 2.52. The number of fused-ring (bicyclic) bond motifs is 1. The molecular formula is C19H19ClN4O4. The van der Waals surface area contributed by atoms with Gasteiger partial charge in [-0.3, -0.25) is 9.59 Å². The number of pyridine rings is 1. The van der Waals surface area contributed by atoms with Crippen molar-refractivity contribution in [1.82, 2.24) is 10.3 Å². The lowest BCUT2D eigenvalue weighted by atomic mass is 10.2. The Morgan fingerprint density at radius 1 is 1.21 bits per heavy atom. The number of hydrogen-bond acceptors (Lipinski definition) is 6. The molecule has 146 valence electrons. The summed E-state index contributed by atoms with van der Waals surface area (Å²) in [5.41, 5.74) is 0.715. The highest BCUT2D eigenvalue weighted by atomic mass is 35.5.